The number of aromatic amines is 1. The third-order valence-corrected chi connectivity index (χ3v) is 5.83. The lowest BCUT2D eigenvalue weighted by Gasteiger charge is -2.34. The highest BCUT2D eigenvalue weighted by atomic mass is 16.1. The summed E-state index contributed by atoms with van der Waals surface area (Å²) in [7, 11) is 0. The number of amides is 1. The van der Waals surface area contributed by atoms with Crippen LogP contribution < -0.4 is 5.32 Å². The average Bonchev–Trinajstić information content (AvgIpc) is 3.05. The molecule has 1 aliphatic rings. The molecule has 2 aromatic carbocycles. The second kappa shape index (κ2) is 9.25. The first-order valence-corrected chi connectivity index (χ1v) is 10.5. The number of carbonyl (C=O) groups is 1. The Morgan fingerprint density at radius 2 is 1.66 bits per heavy atom. The predicted octanol–water partition coefficient (Wildman–Crippen LogP) is 2.95. The number of hydrogen-bond donors (Lipinski definition) is 2. The van der Waals surface area contributed by atoms with Gasteiger partial charge >= 0.3 is 0 Å². The van der Waals surface area contributed by atoms with E-state index in [1.807, 2.05) is 19.1 Å². The molecule has 0 saturated carbocycles. The molecule has 0 spiro atoms. The minimum absolute atomic E-state index is 0.0977. The van der Waals surface area contributed by atoms with Gasteiger partial charge in [-0.2, -0.15) is 0 Å². The molecule has 2 heterocycles. The Balaban J connectivity index is 1.19. The molecule has 1 aliphatic heterocycles. The van der Waals surface area contributed by atoms with Crippen LogP contribution in [0.2, 0.25) is 0 Å². The Bertz CT molecular complexity index is 942. The van der Waals surface area contributed by atoms with Gasteiger partial charge in [-0.15, -0.1) is 0 Å². The number of benzene rings is 2. The highest BCUT2D eigenvalue weighted by Crippen LogP contribution is 2.22. The monoisotopic (exact) mass is 390 g/mol. The van der Waals surface area contributed by atoms with Gasteiger partial charge in [0.2, 0.25) is 5.91 Å². The van der Waals surface area contributed by atoms with Crippen molar-refractivity contribution in [3.05, 3.63) is 71.4 Å². The molecule has 0 bridgehead atoms. The molecule has 4 rings (SSSR count). The molecular weight excluding hydrogens is 360 g/mol. The number of rotatable bonds is 7. The van der Waals surface area contributed by atoms with E-state index >= 15 is 0 Å². The third kappa shape index (κ3) is 5.05. The van der Waals surface area contributed by atoms with Crippen molar-refractivity contribution in [1.29, 1.82) is 0 Å². The zero-order chi connectivity index (χ0) is 20.1. The Morgan fingerprint density at radius 3 is 2.45 bits per heavy atom. The Labute approximate surface area is 172 Å². The van der Waals surface area contributed by atoms with Gasteiger partial charge in [0, 0.05) is 62.4 Å². The van der Waals surface area contributed by atoms with Crippen LogP contribution in [0, 0.1) is 6.92 Å². The summed E-state index contributed by atoms with van der Waals surface area (Å²) >= 11 is 0. The van der Waals surface area contributed by atoms with Crippen LogP contribution in [0.5, 0.6) is 0 Å². The van der Waals surface area contributed by atoms with E-state index in [2.05, 4.69) is 62.6 Å². The summed E-state index contributed by atoms with van der Waals surface area (Å²) in [6, 6.07) is 18.8. The molecule has 0 atom stereocenters. The van der Waals surface area contributed by atoms with Gasteiger partial charge in [-0.05, 0) is 24.1 Å². The fourth-order valence-corrected chi connectivity index (χ4v) is 4.15. The number of carbonyl (C=O) groups excluding carboxylic acids is 1. The van der Waals surface area contributed by atoms with Crippen molar-refractivity contribution in [3.63, 3.8) is 0 Å². The first-order chi connectivity index (χ1) is 14.2. The first kappa shape index (κ1) is 19.7. The van der Waals surface area contributed by atoms with Gasteiger partial charge in [-0.3, -0.25) is 14.6 Å². The van der Waals surface area contributed by atoms with Crippen LogP contribution in [0.1, 0.15) is 16.8 Å². The Kier molecular flexibility index (Phi) is 6.27. The number of aromatic nitrogens is 1. The third-order valence-electron chi connectivity index (χ3n) is 5.83. The summed E-state index contributed by atoms with van der Waals surface area (Å²) < 4.78 is 0. The summed E-state index contributed by atoms with van der Waals surface area (Å²) in [5.41, 5.74) is 4.66. The van der Waals surface area contributed by atoms with Gasteiger partial charge in [-0.1, -0.05) is 48.5 Å². The molecule has 2 N–H and O–H groups in total. The number of nitrogens with one attached hydrogen (secondary N) is 2. The van der Waals surface area contributed by atoms with Crippen LogP contribution in [-0.4, -0.2) is 60.0 Å². The molecule has 5 nitrogen and oxygen atoms in total. The fourth-order valence-electron chi connectivity index (χ4n) is 4.15. The molecule has 3 aromatic rings. The molecule has 5 heteroatoms. The van der Waals surface area contributed by atoms with Crippen LogP contribution in [0.15, 0.2) is 54.6 Å². The van der Waals surface area contributed by atoms with Crippen molar-refractivity contribution in [2.75, 3.05) is 39.3 Å². The van der Waals surface area contributed by atoms with Gasteiger partial charge in [0.25, 0.3) is 0 Å². The summed E-state index contributed by atoms with van der Waals surface area (Å²) in [5, 5.41) is 4.25. The lowest BCUT2D eigenvalue weighted by molar-refractivity contribution is -0.120. The van der Waals surface area contributed by atoms with E-state index in [-0.39, 0.29) is 5.91 Å². The van der Waals surface area contributed by atoms with Gasteiger partial charge < -0.3 is 10.3 Å². The zero-order valence-corrected chi connectivity index (χ0v) is 17.2. The van der Waals surface area contributed by atoms with Crippen LogP contribution in [0.25, 0.3) is 10.9 Å². The minimum atomic E-state index is 0.0977. The number of hydrogen-bond acceptors (Lipinski definition) is 3. The lowest BCUT2D eigenvalue weighted by atomic mass is 10.1. The van der Waals surface area contributed by atoms with E-state index in [9.17, 15) is 4.79 Å². The Hall–Kier alpha value is -2.63. The van der Waals surface area contributed by atoms with Gasteiger partial charge in [0.15, 0.2) is 0 Å². The lowest BCUT2D eigenvalue weighted by Crippen LogP contribution is -2.48. The summed E-state index contributed by atoms with van der Waals surface area (Å²) in [4.78, 5) is 20.8. The predicted molar refractivity (Wildman–Crippen MR) is 118 cm³/mol. The van der Waals surface area contributed by atoms with Crippen LogP contribution in [-0.2, 0) is 17.8 Å². The van der Waals surface area contributed by atoms with Crippen LogP contribution in [0.3, 0.4) is 0 Å². The minimum Gasteiger partial charge on any atom is -0.358 e. The normalized spacial score (nSPS) is 15.6. The van der Waals surface area contributed by atoms with E-state index in [0.717, 1.165) is 61.4 Å². The smallest absolute Gasteiger partial charge is 0.224 e. The number of aryl methyl sites for hydroxylation is 1. The largest absolute Gasteiger partial charge is 0.358 e. The van der Waals surface area contributed by atoms with Crippen molar-refractivity contribution in [1.82, 2.24) is 20.1 Å². The molecular formula is C24H30N4O. The van der Waals surface area contributed by atoms with Crippen molar-refractivity contribution in [2.24, 2.45) is 0 Å². The molecule has 1 aromatic heterocycles. The fraction of sp³-hybridized carbons (Fsp3) is 0.375. The summed E-state index contributed by atoms with van der Waals surface area (Å²) in [6.07, 6.45) is 0.431. The molecule has 1 amide bonds. The summed E-state index contributed by atoms with van der Waals surface area (Å²) in [6.45, 7) is 8.97. The molecule has 0 aliphatic carbocycles. The van der Waals surface area contributed by atoms with E-state index in [4.69, 9.17) is 0 Å². The van der Waals surface area contributed by atoms with E-state index in [1.54, 1.807) is 0 Å². The maximum Gasteiger partial charge on any atom is 0.224 e. The highest BCUT2D eigenvalue weighted by molar-refractivity contribution is 5.90. The number of piperazine rings is 1. The highest BCUT2D eigenvalue weighted by Gasteiger charge is 2.17. The van der Waals surface area contributed by atoms with Crippen LogP contribution >= 0.6 is 0 Å². The zero-order valence-electron chi connectivity index (χ0n) is 17.2. The molecule has 1 fully saturated rings. The van der Waals surface area contributed by atoms with Crippen molar-refractivity contribution in [3.8, 4) is 0 Å². The first-order valence-electron chi connectivity index (χ1n) is 10.5. The maximum atomic E-state index is 12.5. The molecule has 0 unspecified atom stereocenters. The SMILES string of the molecule is Cc1[nH]c2ccccc2c1CC(=O)NCCN1CCN(Cc2ccccc2)CC1. The van der Waals surface area contributed by atoms with Crippen LogP contribution in [0.4, 0.5) is 0 Å². The molecule has 0 radical (unpaired) electrons. The number of nitrogens with zero attached hydrogens (tertiary/aromatic N) is 2. The molecule has 152 valence electrons. The number of H-pyrrole nitrogens is 1. The topological polar surface area (TPSA) is 51.4 Å². The second-order valence-electron chi connectivity index (χ2n) is 7.90. The number of fused-ring (bicyclic) bond motifs is 1. The number of para-hydroxylation sites is 1. The quantitative estimate of drug-likeness (QED) is 0.652. The van der Waals surface area contributed by atoms with Crippen molar-refractivity contribution >= 4 is 16.8 Å². The van der Waals surface area contributed by atoms with Crippen molar-refractivity contribution in [2.45, 2.75) is 19.9 Å². The van der Waals surface area contributed by atoms with Gasteiger partial charge in [0.05, 0.1) is 6.42 Å². The average molecular weight is 391 g/mol. The van der Waals surface area contributed by atoms with E-state index < -0.39 is 0 Å². The van der Waals surface area contributed by atoms with E-state index in [1.165, 1.54) is 5.56 Å². The maximum absolute atomic E-state index is 12.5. The molecule has 1 saturated heterocycles. The van der Waals surface area contributed by atoms with Gasteiger partial charge in [-0.25, -0.2) is 0 Å². The van der Waals surface area contributed by atoms with Gasteiger partial charge in [0.1, 0.15) is 0 Å². The van der Waals surface area contributed by atoms with E-state index in [0.29, 0.717) is 13.0 Å². The second-order valence-corrected chi connectivity index (χ2v) is 7.90. The van der Waals surface area contributed by atoms with Crippen molar-refractivity contribution < 1.29 is 4.79 Å². The molecule has 29 heavy (non-hydrogen) atoms. The Morgan fingerprint density at radius 1 is 0.966 bits per heavy atom. The standard InChI is InChI=1S/C24H30N4O/c1-19-22(21-9-5-6-10-23(21)26-19)17-24(29)25-11-12-27-13-15-28(16-14-27)18-20-7-3-2-4-8-20/h2-10,26H,11-18H2,1H3,(H,25,29). The summed E-state index contributed by atoms with van der Waals surface area (Å²) in [5.74, 6) is 0.0977.